The fourth-order valence-corrected chi connectivity index (χ4v) is 3.80. The summed E-state index contributed by atoms with van der Waals surface area (Å²) in [6.45, 7) is 6.68. The molecule has 1 fully saturated rings. The first kappa shape index (κ1) is 14.8. The van der Waals surface area contributed by atoms with Crippen molar-refractivity contribution < 1.29 is 0 Å². The zero-order valence-electron chi connectivity index (χ0n) is 14.1. The molecule has 0 N–H and O–H groups in total. The van der Waals surface area contributed by atoms with Crippen molar-refractivity contribution in [3.8, 4) is 5.69 Å². The molecule has 1 aromatic heterocycles. The molecule has 1 aliphatic heterocycles. The first-order chi connectivity index (χ1) is 11.2. The molecule has 2 aromatic rings. The molecule has 1 atom stereocenters. The lowest BCUT2D eigenvalue weighted by Gasteiger charge is -2.36. The van der Waals surface area contributed by atoms with Crippen LogP contribution in [0.5, 0.6) is 0 Å². The highest BCUT2D eigenvalue weighted by Gasteiger charge is 2.24. The maximum Gasteiger partial charge on any atom is 0.149 e. The zero-order valence-corrected chi connectivity index (χ0v) is 14.1. The van der Waals surface area contributed by atoms with E-state index in [0.717, 1.165) is 37.7 Å². The summed E-state index contributed by atoms with van der Waals surface area (Å²) in [6, 6.07) is 7.05. The molecule has 122 valence electrons. The van der Waals surface area contributed by atoms with E-state index in [0.29, 0.717) is 6.04 Å². The molecule has 0 saturated carbocycles. The Morgan fingerprint density at radius 3 is 2.65 bits per heavy atom. The van der Waals surface area contributed by atoms with E-state index in [4.69, 9.17) is 0 Å². The second kappa shape index (κ2) is 6.06. The van der Waals surface area contributed by atoms with Crippen molar-refractivity contribution in [2.45, 2.75) is 32.2 Å². The van der Waals surface area contributed by atoms with Crippen molar-refractivity contribution in [3.63, 3.8) is 0 Å². The molecule has 2 aliphatic rings. The van der Waals surface area contributed by atoms with Crippen LogP contribution in [-0.4, -0.2) is 57.8 Å². The predicted octanol–water partition coefficient (Wildman–Crippen LogP) is 2.06. The molecule has 2 heterocycles. The molecule has 5 heteroatoms. The molecule has 0 radical (unpaired) electrons. The number of piperazine rings is 1. The molecule has 4 rings (SSSR count). The molecule has 23 heavy (non-hydrogen) atoms. The number of likely N-dealkylation sites (N-methyl/N-ethyl adjacent to an activating group) is 1. The normalized spacial score (nSPS) is 20.6. The number of hydrogen-bond donors (Lipinski definition) is 0. The molecular weight excluding hydrogens is 286 g/mol. The summed E-state index contributed by atoms with van der Waals surface area (Å²) in [5.74, 6) is 1.05. The lowest BCUT2D eigenvalue weighted by atomic mass is 10.1. The lowest BCUT2D eigenvalue weighted by Crippen LogP contribution is -2.45. The maximum atomic E-state index is 4.58. The minimum Gasteiger partial charge on any atom is -0.304 e. The van der Waals surface area contributed by atoms with E-state index < -0.39 is 0 Å². The molecular formula is C18H25N5. The minimum absolute atomic E-state index is 0.291. The van der Waals surface area contributed by atoms with Crippen LogP contribution in [0.15, 0.2) is 24.5 Å². The third-order valence-electron chi connectivity index (χ3n) is 5.36. The highest BCUT2D eigenvalue weighted by molar-refractivity contribution is 5.42. The average Bonchev–Trinajstić information content (AvgIpc) is 3.23. The lowest BCUT2D eigenvalue weighted by molar-refractivity contribution is 0.114. The second-order valence-corrected chi connectivity index (χ2v) is 6.85. The molecule has 0 unspecified atom stereocenters. The van der Waals surface area contributed by atoms with Gasteiger partial charge in [-0.3, -0.25) is 4.90 Å². The Labute approximate surface area is 137 Å². The fraction of sp³-hybridized carbons (Fsp3) is 0.556. The number of aryl methyl sites for hydroxylation is 2. The maximum absolute atomic E-state index is 4.58. The van der Waals surface area contributed by atoms with Crippen molar-refractivity contribution in [3.05, 3.63) is 41.5 Å². The third kappa shape index (κ3) is 2.79. The summed E-state index contributed by atoms with van der Waals surface area (Å²) < 4.78 is 2.03. The van der Waals surface area contributed by atoms with Crippen LogP contribution in [0, 0.1) is 0 Å². The van der Waals surface area contributed by atoms with Crippen LogP contribution in [0.1, 0.15) is 36.3 Å². The van der Waals surface area contributed by atoms with Gasteiger partial charge in [-0.1, -0.05) is 6.07 Å². The summed E-state index contributed by atoms with van der Waals surface area (Å²) in [6.07, 6.45) is 5.38. The van der Waals surface area contributed by atoms with Gasteiger partial charge in [0.15, 0.2) is 0 Å². The number of nitrogens with zero attached hydrogens (tertiary/aromatic N) is 5. The summed E-state index contributed by atoms with van der Waals surface area (Å²) in [5, 5.41) is 4.51. The monoisotopic (exact) mass is 311 g/mol. The van der Waals surface area contributed by atoms with E-state index in [1.807, 2.05) is 4.68 Å². The van der Waals surface area contributed by atoms with Gasteiger partial charge in [0.2, 0.25) is 0 Å². The van der Waals surface area contributed by atoms with E-state index in [9.17, 15) is 0 Å². The number of rotatable bonds is 3. The summed E-state index contributed by atoms with van der Waals surface area (Å²) >= 11 is 0. The molecule has 1 aromatic carbocycles. The van der Waals surface area contributed by atoms with Gasteiger partial charge in [-0.05, 0) is 56.5 Å². The van der Waals surface area contributed by atoms with E-state index in [2.05, 4.69) is 52.1 Å². The highest BCUT2D eigenvalue weighted by Crippen LogP contribution is 2.26. The van der Waals surface area contributed by atoms with Gasteiger partial charge < -0.3 is 4.90 Å². The van der Waals surface area contributed by atoms with Crippen molar-refractivity contribution in [2.24, 2.45) is 0 Å². The molecule has 0 amide bonds. The Kier molecular flexibility index (Phi) is 3.91. The van der Waals surface area contributed by atoms with Gasteiger partial charge >= 0.3 is 0 Å². The third-order valence-corrected chi connectivity index (χ3v) is 5.36. The van der Waals surface area contributed by atoms with Crippen molar-refractivity contribution in [2.75, 3.05) is 33.2 Å². The van der Waals surface area contributed by atoms with Crippen molar-refractivity contribution >= 4 is 0 Å². The summed E-state index contributed by atoms with van der Waals surface area (Å²) in [7, 11) is 2.19. The SMILES string of the molecule is C[C@H](c1ncnn1-c1ccc2c(c1)CCC2)N1CCN(C)CC1. The highest BCUT2D eigenvalue weighted by atomic mass is 15.4. The van der Waals surface area contributed by atoms with Crippen molar-refractivity contribution in [1.82, 2.24) is 24.6 Å². The van der Waals surface area contributed by atoms with Crippen LogP contribution in [0.3, 0.4) is 0 Å². The molecule has 0 spiro atoms. The van der Waals surface area contributed by atoms with Gasteiger partial charge in [-0.15, -0.1) is 0 Å². The molecule has 1 aliphatic carbocycles. The van der Waals surface area contributed by atoms with Gasteiger partial charge in [-0.2, -0.15) is 5.10 Å². The Bertz CT molecular complexity index is 684. The zero-order chi connectivity index (χ0) is 15.8. The second-order valence-electron chi connectivity index (χ2n) is 6.85. The topological polar surface area (TPSA) is 37.2 Å². The van der Waals surface area contributed by atoms with Crippen LogP contribution >= 0.6 is 0 Å². The standard InChI is InChI=1S/C18H25N5/c1-14(22-10-8-21(2)9-11-22)18-19-13-20-23(18)17-7-6-15-4-3-5-16(15)12-17/h6-7,12-14H,3-5,8-11H2,1-2H3/t14-/m1/s1. The molecule has 0 bridgehead atoms. The van der Waals surface area contributed by atoms with Crippen LogP contribution < -0.4 is 0 Å². The minimum atomic E-state index is 0.291. The predicted molar refractivity (Wildman–Crippen MR) is 90.9 cm³/mol. The number of aromatic nitrogens is 3. The van der Waals surface area contributed by atoms with Gasteiger partial charge in [0.05, 0.1) is 11.7 Å². The molecule has 1 saturated heterocycles. The van der Waals surface area contributed by atoms with Crippen LogP contribution in [-0.2, 0) is 12.8 Å². The number of benzene rings is 1. The number of fused-ring (bicyclic) bond motifs is 1. The van der Waals surface area contributed by atoms with Crippen LogP contribution in [0.25, 0.3) is 5.69 Å². The van der Waals surface area contributed by atoms with Crippen LogP contribution in [0.2, 0.25) is 0 Å². The van der Waals surface area contributed by atoms with Gasteiger partial charge in [0.25, 0.3) is 0 Å². The van der Waals surface area contributed by atoms with Gasteiger partial charge in [0, 0.05) is 26.2 Å². The van der Waals surface area contributed by atoms with E-state index in [1.165, 1.54) is 30.4 Å². The Balaban J connectivity index is 1.61. The van der Waals surface area contributed by atoms with Crippen molar-refractivity contribution in [1.29, 1.82) is 0 Å². The van der Waals surface area contributed by atoms with E-state index >= 15 is 0 Å². The first-order valence-corrected chi connectivity index (χ1v) is 8.67. The van der Waals surface area contributed by atoms with E-state index in [1.54, 1.807) is 6.33 Å². The Morgan fingerprint density at radius 2 is 1.83 bits per heavy atom. The largest absolute Gasteiger partial charge is 0.304 e. The quantitative estimate of drug-likeness (QED) is 0.869. The van der Waals surface area contributed by atoms with E-state index in [-0.39, 0.29) is 0 Å². The van der Waals surface area contributed by atoms with Gasteiger partial charge in [-0.25, -0.2) is 9.67 Å². The smallest absolute Gasteiger partial charge is 0.149 e. The number of hydrogen-bond acceptors (Lipinski definition) is 4. The van der Waals surface area contributed by atoms with Gasteiger partial charge in [0.1, 0.15) is 12.2 Å². The van der Waals surface area contributed by atoms with Crippen LogP contribution in [0.4, 0.5) is 0 Å². The Hall–Kier alpha value is -1.72. The molecule has 5 nitrogen and oxygen atoms in total. The average molecular weight is 311 g/mol. The first-order valence-electron chi connectivity index (χ1n) is 8.67. The fourth-order valence-electron chi connectivity index (χ4n) is 3.80. The summed E-state index contributed by atoms with van der Waals surface area (Å²) in [5.41, 5.74) is 4.14. The summed E-state index contributed by atoms with van der Waals surface area (Å²) in [4.78, 5) is 9.47. The Morgan fingerprint density at radius 1 is 1.04 bits per heavy atom.